The molecule has 106 valence electrons. The van der Waals surface area contributed by atoms with Gasteiger partial charge < -0.3 is 14.2 Å². The molecule has 0 fully saturated rings. The lowest BCUT2D eigenvalue weighted by molar-refractivity contribution is 0.262. The molecule has 20 heavy (non-hydrogen) atoms. The van der Waals surface area contributed by atoms with E-state index in [1.165, 1.54) is 6.07 Å². The second-order valence-corrected chi connectivity index (χ2v) is 4.93. The fraction of sp³-hybridized carbons (Fsp3) is 0.200. The number of rotatable bonds is 5. The van der Waals surface area contributed by atoms with Crippen molar-refractivity contribution in [3.05, 3.63) is 52.3 Å². The van der Waals surface area contributed by atoms with Crippen LogP contribution in [0.1, 0.15) is 5.56 Å². The van der Waals surface area contributed by atoms with Crippen molar-refractivity contribution < 1.29 is 18.6 Å². The van der Waals surface area contributed by atoms with Crippen LogP contribution >= 0.6 is 15.9 Å². The monoisotopic (exact) mass is 340 g/mol. The van der Waals surface area contributed by atoms with Crippen LogP contribution in [0.15, 0.2) is 40.9 Å². The number of methoxy groups -OCH3 is 2. The van der Waals surface area contributed by atoms with Crippen LogP contribution in [0.3, 0.4) is 0 Å². The first-order chi connectivity index (χ1) is 9.65. The van der Waals surface area contributed by atoms with E-state index in [1.807, 2.05) is 0 Å². The van der Waals surface area contributed by atoms with Gasteiger partial charge >= 0.3 is 0 Å². The fourth-order valence-corrected chi connectivity index (χ4v) is 2.08. The minimum atomic E-state index is -0.326. The van der Waals surface area contributed by atoms with Crippen LogP contribution in [-0.2, 0) is 6.61 Å². The summed E-state index contributed by atoms with van der Waals surface area (Å²) < 4.78 is 30.5. The Hall–Kier alpha value is -1.75. The molecule has 0 amide bonds. The molecule has 0 bridgehead atoms. The molecule has 2 aromatic rings. The highest BCUT2D eigenvalue weighted by Crippen LogP contribution is 2.37. The van der Waals surface area contributed by atoms with Gasteiger partial charge in [0.2, 0.25) is 5.75 Å². The molecule has 0 saturated carbocycles. The SMILES string of the molecule is COc1cccc(OC)c1OCc1ccc(Br)cc1F. The highest BCUT2D eigenvalue weighted by atomic mass is 79.9. The summed E-state index contributed by atoms with van der Waals surface area (Å²) in [5, 5.41) is 0. The molecule has 0 saturated heterocycles. The van der Waals surface area contributed by atoms with E-state index in [9.17, 15) is 4.39 Å². The maximum Gasteiger partial charge on any atom is 0.203 e. The Kier molecular flexibility index (Phi) is 4.84. The number of ether oxygens (including phenoxy) is 3. The average Bonchev–Trinajstić information content (AvgIpc) is 2.46. The normalized spacial score (nSPS) is 10.2. The first kappa shape index (κ1) is 14.7. The van der Waals surface area contributed by atoms with Crippen LogP contribution in [-0.4, -0.2) is 14.2 Å². The van der Waals surface area contributed by atoms with Crippen molar-refractivity contribution in [3.63, 3.8) is 0 Å². The molecule has 3 nitrogen and oxygen atoms in total. The van der Waals surface area contributed by atoms with E-state index in [0.29, 0.717) is 27.3 Å². The molecule has 0 unspecified atom stereocenters. The third kappa shape index (κ3) is 3.22. The first-order valence-electron chi connectivity index (χ1n) is 5.93. The van der Waals surface area contributed by atoms with E-state index in [4.69, 9.17) is 14.2 Å². The second kappa shape index (κ2) is 6.61. The maximum atomic E-state index is 13.7. The van der Waals surface area contributed by atoms with E-state index < -0.39 is 0 Å². The molecule has 0 aromatic heterocycles. The Bertz CT molecular complexity index is 579. The third-order valence-corrected chi connectivity index (χ3v) is 3.26. The molecule has 0 aliphatic heterocycles. The van der Waals surface area contributed by atoms with Gasteiger partial charge in [-0.1, -0.05) is 28.1 Å². The Morgan fingerprint density at radius 1 is 1.05 bits per heavy atom. The summed E-state index contributed by atoms with van der Waals surface area (Å²) in [5.41, 5.74) is 0.459. The summed E-state index contributed by atoms with van der Waals surface area (Å²) >= 11 is 3.22. The molecule has 0 radical (unpaired) electrons. The predicted molar refractivity (Wildman–Crippen MR) is 78.0 cm³/mol. The summed E-state index contributed by atoms with van der Waals surface area (Å²) in [6.07, 6.45) is 0. The van der Waals surface area contributed by atoms with Gasteiger partial charge in [-0.3, -0.25) is 0 Å². The molecule has 2 aromatic carbocycles. The van der Waals surface area contributed by atoms with Gasteiger partial charge in [0.25, 0.3) is 0 Å². The minimum Gasteiger partial charge on any atom is -0.493 e. The van der Waals surface area contributed by atoms with Crippen molar-refractivity contribution in [3.8, 4) is 17.2 Å². The summed E-state index contributed by atoms with van der Waals surface area (Å²) in [4.78, 5) is 0. The van der Waals surface area contributed by atoms with Gasteiger partial charge in [-0.2, -0.15) is 0 Å². The highest BCUT2D eigenvalue weighted by Gasteiger charge is 2.12. The lowest BCUT2D eigenvalue weighted by atomic mass is 10.2. The number of benzene rings is 2. The van der Waals surface area contributed by atoms with E-state index in [-0.39, 0.29) is 12.4 Å². The van der Waals surface area contributed by atoms with Gasteiger partial charge in [-0.25, -0.2) is 4.39 Å². The molecule has 2 rings (SSSR count). The lowest BCUT2D eigenvalue weighted by Crippen LogP contribution is -2.01. The standard InChI is InChI=1S/C15H14BrFO3/c1-18-13-4-3-5-14(19-2)15(13)20-9-10-6-7-11(16)8-12(10)17/h3-8H,9H2,1-2H3. The van der Waals surface area contributed by atoms with Crippen LogP contribution in [0, 0.1) is 5.82 Å². The largest absolute Gasteiger partial charge is 0.493 e. The Balaban J connectivity index is 2.22. The summed E-state index contributed by atoms with van der Waals surface area (Å²) in [7, 11) is 3.09. The second-order valence-electron chi connectivity index (χ2n) is 4.02. The predicted octanol–water partition coefficient (Wildman–Crippen LogP) is 4.18. The first-order valence-corrected chi connectivity index (χ1v) is 6.72. The van der Waals surface area contributed by atoms with Crippen LogP contribution in [0.4, 0.5) is 4.39 Å². The number of hydrogen-bond acceptors (Lipinski definition) is 3. The van der Waals surface area contributed by atoms with Gasteiger partial charge in [-0.05, 0) is 24.3 Å². The third-order valence-electron chi connectivity index (χ3n) is 2.77. The van der Waals surface area contributed by atoms with E-state index in [2.05, 4.69) is 15.9 Å². The van der Waals surface area contributed by atoms with Gasteiger partial charge in [-0.15, -0.1) is 0 Å². The van der Waals surface area contributed by atoms with Crippen LogP contribution in [0.5, 0.6) is 17.2 Å². The van der Waals surface area contributed by atoms with Gasteiger partial charge in [0.05, 0.1) is 14.2 Å². The van der Waals surface area contributed by atoms with E-state index in [0.717, 1.165) is 0 Å². The molecule has 0 atom stereocenters. The smallest absolute Gasteiger partial charge is 0.203 e. The molecule has 0 heterocycles. The Labute approximate surface area is 125 Å². The van der Waals surface area contributed by atoms with Crippen molar-refractivity contribution in [2.45, 2.75) is 6.61 Å². The summed E-state index contributed by atoms with van der Waals surface area (Å²) in [6.45, 7) is 0.0931. The lowest BCUT2D eigenvalue weighted by Gasteiger charge is -2.14. The van der Waals surface area contributed by atoms with Crippen LogP contribution in [0.2, 0.25) is 0 Å². The highest BCUT2D eigenvalue weighted by molar-refractivity contribution is 9.10. The molecular weight excluding hydrogens is 327 g/mol. The van der Waals surface area contributed by atoms with Crippen LogP contribution in [0.25, 0.3) is 0 Å². The summed E-state index contributed by atoms with van der Waals surface area (Å²) in [6, 6.07) is 10.1. The molecule has 5 heteroatoms. The fourth-order valence-electron chi connectivity index (χ4n) is 1.75. The quantitative estimate of drug-likeness (QED) is 0.816. The Morgan fingerprint density at radius 3 is 2.25 bits per heavy atom. The molecule has 0 aliphatic rings. The van der Waals surface area contributed by atoms with Gasteiger partial charge in [0.1, 0.15) is 12.4 Å². The van der Waals surface area contributed by atoms with Crippen molar-refractivity contribution >= 4 is 15.9 Å². The van der Waals surface area contributed by atoms with Gasteiger partial charge in [0, 0.05) is 10.0 Å². The molecule has 0 aliphatic carbocycles. The molecule has 0 N–H and O–H groups in total. The van der Waals surface area contributed by atoms with Crippen LogP contribution < -0.4 is 14.2 Å². The average molecular weight is 341 g/mol. The van der Waals surface area contributed by atoms with Gasteiger partial charge in [0.15, 0.2) is 11.5 Å². The Morgan fingerprint density at radius 2 is 1.70 bits per heavy atom. The minimum absolute atomic E-state index is 0.0931. The zero-order valence-electron chi connectivity index (χ0n) is 11.2. The zero-order chi connectivity index (χ0) is 14.5. The number of para-hydroxylation sites is 1. The summed E-state index contributed by atoms with van der Waals surface area (Å²) in [5.74, 6) is 1.22. The number of halogens is 2. The topological polar surface area (TPSA) is 27.7 Å². The van der Waals surface area contributed by atoms with Crippen molar-refractivity contribution in [2.75, 3.05) is 14.2 Å². The van der Waals surface area contributed by atoms with E-state index in [1.54, 1.807) is 44.6 Å². The van der Waals surface area contributed by atoms with Crippen molar-refractivity contribution in [1.29, 1.82) is 0 Å². The van der Waals surface area contributed by atoms with Crippen molar-refractivity contribution in [1.82, 2.24) is 0 Å². The molecule has 0 spiro atoms. The maximum absolute atomic E-state index is 13.7. The number of hydrogen-bond donors (Lipinski definition) is 0. The molecular formula is C15H14BrFO3. The van der Waals surface area contributed by atoms with E-state index >= 15 is 0 Å². The zero-order valence-corrected chi connectivity index (χ0v) is 12.7. The van der Waals surface area contributed by atoms with Crippen molar-refractivity contribution in [2.24, 2.45) is 0 Å².